The molecule has 6 nitrogen and oxygen atoms in total. The molecule has 128 valence electrons. The monoisotopic (exact) mass is 363 g/mol. The average Bonchev–Trinajstić information content (AvgIpc) is 2.43. The molecule has 23 heavy (non-hydrogen) atoms. The van der Waals surface area contributed by atoms with E-state index in [0.717, 1.165) is 0 Å². The highest BCUT2D eigenvalue weighted by Gasteiger charge is 2.22. The number of carboxylic acids is 1. The van der Waals surface area contributed by atoms with Gasteiger partial charge in [0, 0.05) is 6.07 Å². The van der Waals surface area contributed by atoms with Crippen molar-refractivity contribution in [3.8, 4) is 5.75 Å². The third-order valence-electron chi connectivity index (χ3n) is 2.77. The van der Waals surface area contributed by atoms with Gasteiger partial charge in [0.1, 0.15) is 11.9 Å². The van der Waals surface area contributed by atoms with E-state index in [9.17, 15) is 9.59 Å². The number of nitrogens with one attached hydrogen (secondary N) is 1. The van der Waals surface area contributed by atoms with Gasteiger partial charge in [0.25, 0.3) is 5.91 Å². The van der Waals surface area contributed by atoms with Gasteiger partial charge in [-0.3, -0.25) is 4.79 Å². The maximum Gasteiger partial charge on any atom is 0.332 e. The molecule has 1 aromatic carbocycles. The first-order valence-electron chi connectivity index (χ1n) is 6.96. The highest BCUT2D eigenvalue weighted by molar-refractivity contribution is 6.37. The van der Waals surface area contributed by atoms with E-state index in [1.807, 2.05) is 13.8 Å². The van der Waals surface area contributed by atoms with Crippen molar-refractivity contribution in [2.75, 3.05) is 5.32 Å². The number of benzene rings is 1. The third-order valence-corrected chi connectivity index (χ3v) is 3.38. The van der Waals surface area contributed by atoms with Crippen LogP contribution in [0, 0.1) is 0 Å². The molecule has 1 amide bonds. The molecule has 1 aromatic rings. The Morgan fingerprint density at radius 1 is 1.09 bits per heavy atom. The molecule has 0 radical (unpaired) electrons. The molecule has 0 aromatic heterocycles. The molecule has 0 spiro atoms. The van der Waals surface area contributed by atoms with E-state index in [1.54, 1.807) is 0 Å². The van der Waals surface area contributed by atoms with Crippen molar-refractivity contribution < 1.29 is 24.2 Å². The fourth-order valence-corrected chi connectivity index (χ4v) is 2.10. The number of carbonyl (C=O) groups excluding carboxylic acids is 1. The predicted molar refractivity (Wildman–Crippen MR) is 88.5 cm³/mol. The van der Waals surface area contributed by atoms with Gasteiger partial charge in [0.15, 0.2) is 6.10 Å². The number of amides is 1. The fourth-order valence-electron chi connectivity index (χ4n) is 1.63. The summed E-state index contributed by atoms with van der Waals surface area (Å²) in [6, 6.07) is 2.97. The van der Waals surface area contributed by atoms with Crippen LogP contribution in [0.25, 0.3) is 0 Å². The number of aliphatic carboxylic acids is 1. The lowest BCUT2D eigenvalue weighted by Gasteiger charge is -2.18. The predicted octanol–water partition coefficient (Wildman–Crippen LogP) is 3.60. The Morgan fingerprint density at radius 2 is 1.70 bits per heavy atom. The first kappa shape index (κ1) is 19.5. The highest BCUT2D eigenvalue weighted by atomic mass is 35.5. The van der Waals surface area contributed by atoms with Crippen LogP contribution in [0.15, 0.2) is 12.1 Å². The van der Waals surface area contributed by atoms with Gasteiger partial charge in [-0.15, -0.1) is 0 Å². The van der Waals surface area contributed by atoms with Gasteiger partial charge in [-0.25, -0.2) is 4.79 Å². The number of rotatable bonds is 7. The topological polar surface area (TPSA) is 84.9 Å². The summed E-state index contributed by atoms with van der Waals surface area (Å²) < 4.78 is 10.6. The Hall–Kier alpha value is -1.50. The SMILES string of the molecule is CC(C)Oc1cc(NC(=O)C(C)OC(C)C(=O)O)c(Cl)cc1Cl. The molecule has 0 fully saturated rings. The van der Waals surface area contributed by atoms with E-state index in [4.69, 9.17) is 37.8 Å². The molecule has 0 aliphatic rings. The van der Waals surface area contributed by atoms with Gasteiger partial charge in [0.2, 0.25) is 0 Å². The third kappa shape index (κ3) is 5.89. The van der Waals surface area contributed by atoms with Crippen molar-refractivity contribution >= 4 is 40.8 Å². The van der Waals surface area contributed by atoms with Crippen molar-refractivity contribution in [1.82, 2.24) is 0 Å². The van der Waals surface area contributed by atoms with Gasteiger partial charge >= 0.3 is 5.97 Å². The molecule has 0 heterocycles. The molecule has 0 aliphatic carbocycles. The maximum absolute atomic E-state index is 12.1. The highest BCUT2D eigenvalue weighted by Crippen LogP contribution is 2.35. The molecule has 0 bridgehead atoms. The van der Waals surface area contributed by atoms with E-state index in [2.05, 4.69) is 5.32 Å². The lowest BCUT2D eigenvalue weighted by atomic mass is 10.2. The van der Waals surface area contributed by atoms with Crippen molar-refractivity contribution in [3.05, 3.63) is 22.2 Å². The summed E-state index contributed by atoms with van der Waals surface area (Å²) in [4.78, 5) is 22.8. The number of hydrogen-bond donors (Lipinski definition) is 2. The Bertz CT molecular complexity index is 591. The van der Waals surface area contributed by atoms with Crippen LogP contribution in [-0.4, -0.2) is 35.3 Å². The fraction of sp³-hybridized carbons (Fsp3) is 0.467. The Balaban J connectivity index is 2.87. The van der Waals surface area contributed by atoms with E-state index in [-0.39, 0.29) is 11.1 Å². The van der Waals surface area contributed by atoms with Crippen LogP contribution in [0.1, 0.15) is 27.7 Å². The van der Waals surface area contributed by atoms with Crippen molar-refractivity contribution in [1.29, 1.82) is 0 Å². The number of halogens is 2. The smallest absolute Gasteiger partial charge is 0.332 e. The maximum atomic E-state index is 12.1. The van der Waals surface area contributed by atoms with Gasteiger partial charge in [-0.1, -0.05) is 23.2 Å². The molecule has 0 saturated heterocycles. The zero-order valence-corrected chi connectivity index (χ0v) is 14.7. The van der Waals surface area contributed by atoms with E-state index in [1.165, 1.54) is 26.0 Å². The molecular weight excluding hydrogens is 345 g/mol. The largest absolute Gasteiger partial charge is 0.489 e. The van der Waals surface area contributed by atoms with Crippen molar-refractivity contribution in [3.63, 3.8) is 0 Å². The molecule has 2 unspecified atom stereocenters. The van der Waals surface area contributed by atoms with E-state index in [0.29, 0.717) is 16.5 Å². The second-order valence-electron chi connectivity index (χ2n) is 5.18. The summed E-state index contributed by atoms with van der Waals surface area (Å²) in [5.41, 5.74) is 0.301. The summed E-state index contributed by atoms with van der Waals surface area (Å²) in [7, 11) is 0. The summed E-state index contributed by atoms with van der Waals surface area (Å²) >= 11 is 12.1. The normalized spacial score (nSPS) is 13.5. The molecular formula is C15H19Cl2NO5. The zero-order chi connectivity index (χ0) is 17.7. The first-order chi connectivity index (χ1) is 10.6. The van der Waals surface area contributed by atoms with Crippen LogP contribution in [0.3, 0.4) is 0 Å². The molecule has 0 saturated carbocycles. The molecule has 1 rings (SSSR count). The molecule has 0 aliphatic heterocycles. The minimum atomic E-state index is -1.15. The van der Waals surface area contributed by atoms with E-state index < -0.39 is 24.1 Å². The van der Waals surface area contributed by atoms with Crippen LogP contribution in [0.4, 0.5) is 5.69 Å². The minimum absolute atomic E-state index is 0.101. The summed E-state index contributed by atoms with van der Waals surface area (Å²) in [5.74, 6) is -1.30. The van der Waals surface area contributed by atoms with E-state index >= 15 is 0 Å². The zero-order valence-electron chi connectivity index (χ0n) is 13.2. The average molecular weight is 364 g/mol. The van der Waals surface area contributed by atoms with Crippen LogP contribution in [0.5, 0.6) is 5.75 Å². The number of carboxylic acid groups (broad SMARTS) is 1. The second kappa shape index (κ2) is 8.38. The lowest BCUT2D eigenvalue weighted by Crippen LogP contribution is -2.33. The van der Waals surface area contributed by atoms with Crippen molar-refractivity contribution in [2.24, 2.45) is 0 Å². The number of ether oxygens (including phenoxy) is 2. The van der Waals surface area contributed by atoms with Gasteiger partial charge in [-0.2, -0.15) is 0 Å². The summed E-state index contributed by atoms with van der Waals surface area (Å²) in [6.45, 7) is 6.47. The van der Waals surface area contributed by atoms with Gasteiger partial charge in [-0.05, 0) is 33.8 Å². The van der Waals surface area contributed by atoms with Crippen LogP contribution in [0.2, 0.25) is 10.0 Å². The minimum Gasteiger partial charge on any atom is -0.489 e. The lowest BCUT2D eigenvalue weighted by molar-refractivity contribution is -0.154. The molecule has 2 atom stereocenters. The van der Waals surface area contributed by atoms with Crippen LogP contribution < -0.4 is 10.1 Å². The van der Waals surface area contributed by atoms with Crippen LogP contribution in [-0.2, 0) is 14.3 Å². The second-order valence-corrected chi connectivity index (χ2v) is 5.99. The molecule has 2 N–H and O–H groups in total. The quantitative estimate of drug-likeness (QED) is 0.772. The van der Waals surface area contributed by atoms with Gasteiger partial charge in [0.05, 0.1) is 21.8 Å². The van der Waals surface area contributed by atoms with Gasteiger partial charge < -0.3 is 19.9 Å². The molecule has 8 heteroatoms. The summed E-state index contributed by atoms with van der Waals surface area (Å²) in [6.07, 6.45) is -2.17. The summed E-state index contributed by atoms with van der Waals surface area (Å²) in [5, 5.41) is 11.9. The Kier molecular flexibility index (Phi) is 7.12. The standard InChI is InChI=1S/C15H19Cl2NO5/c1-7(2)22-13-6-12(10(16)5-11(13)17)18-14(19)8(3)23-9(4)15(20)21/h5-9H,1-4H3,(H,18,19)(H,20,21). The van der Waals surface area contributed by atoms with Crippen molar-refractivity contribution in [2.45, 2.75) is 46.0 Å². The number of carbonyl (C=O) groups is 2. The number of hydrogen-bond acceptors (Lipinski definition) is 4. The first-order valence-corrected chi connectivity index (χ1v) is 7.72. The number of anilines is 1. The van der Waals surface area contributed by atoms with Crippen LogP contribution >= 0.6 is 23.2 Å². The Labute approximate surface area is 144 Å². The Morgan fingerprint density at radius 3 is 2.22 bits per heavy atom.